The molecule has 0 bridgehead atoms. The van der Waals surface area contributed by atoms with Crippen molar-refractivity contribution in [1.29, 1.82) is 0 Å². The second-order valence-electron chi connectivity index (χ2n) is 5.56. The predicted molar refractivity (Wildman–Crippen MR) is 97.1 cm³/mol. The smallest absolute Gasteiger partial charge is 0.331 e. The van der Waals surface area contributed by atoms with E-state index >= 15 is 0 Å². The predicted octanol–water partition coefficient (Wildman–Crippen LogP) is 1.84. The van der Waals surface area contributed by atoms with Gasteiger partial charge in [-0.05, 0) is 19.1 Å². The molecule has 1 aromatic carbocycles. The van der Waals surface area contributed by atoms with Crippen molar-refractivity contribution < 1.29 is 19.2 Å². The normalized spacial score (nSPS) is 17.6. The summed E-state index contributed by atoms with van der Waals surface area (Å²) in [5.74, 6) is -2.81. The van der Waals surface area contributed by atoms with E-state index in [1.54, 1.807) is 37.3 Å². The van der Waals surface area contributed by atoms with Crippen LogP contribution in [0.2, 0.25) is 0 Å². The van der Waals surface area contributed by atoms with Gasteiger partial charge in [0.1, 0.15) is 0 Å². The van der Waals surface area contributed by atoms with Crippen LogP contribution in [0.1, 0.15) is 13.8 Å². The van der Waals surface area contributed by atoms with Gasteiger partial charge in [0.25, 0.3) is 0 Å². The lowest BCUT2D eigenvalue weighted by Gasteiger charge is -2.31. The van der Waals surface area contributed by atoms with Gasteiger partial charge in [0, 0.05) is 19.2 Å². The van der Waals surface area contributed by atoms with E-state index in [-0.39, 0.29) is 12.5 Å². The Bertz CT molecular complexity index is 800. The largest absolute Gasteiger partial charge is 0.356 e. The van der Waals surface area contributed by atoms with Crippen molar-refractivity contribution >= 4 is 35.1 Å². The minimum Gasteiger partial charge on any atom is -0.356 e. The summed E-state index contributed by atoms with van der Waals surface area (Å²) in [6.07, 6.45) is 2.98. The maximum absolute atomic E-state index is 12.6. The number of hydrogen-bond acceptors (Lipinski definition) is 5. The van der Waals surface area contributed by atoms with Crippen molar-refractivity contribution in [2.45, 2.75) is 13.8 Å². The molecule has 1 aromatic rings. The van der Waals surface area contributed by atoms with Crippen LogP contribution in [0.5, 0.6) is 0 Å². The fourth-order valence-electron chi connectivity index (χ4n) is 2.55. The maximum Gasteiger partial charge on any atom is 0.331 e. The molecular formula is C18H20N4O4. The molecule has 136 valence electrons. The molecule has 8 heteroatoms. The highest BCUT2D eigenvalue weighted by molar-refractivity contribution is 6.18. The SMILES string of the molecule is C=CCN1C(=O)NC(=O)[C@@H](/C(=C\C)Nc2ccccc2NC(C)=O)C1=O. The molecule has 1 saturated heterocycles. The molecule has 1 fully saturated rings. The van der Waals surface area contributed by atoms with Crippen LogP contribution in [0.4, 0.5) is 16.2 Å². The number of urea groups is 1. The van der Waals surface area contributed by atoms with Crippen molar-refractivity contribution in [2.75, 3.05) is 17.2 Å². The Hall–Kier alpha value is -3.42. The Labute approximate surface area is 150 Å². The molecule has 1 heterocycles. The quantitative estimate of drug-likeness (QED) is 0.532. The monoisotopic (exact) mass is 356 g/mol. The molecule has 26 heavy (non-hydrogen) atoms. The Morgan fingerprint density at radius 3 is 2.38 bits per heavy atom. The van der Waals surface area contributed by atoms with Crippen molar-refractivity contribution in [3.05, 3.63) is 48.7 Å². The zero-order valence-electron chi connectivity index (χ0n) is 14.5. The molecule has 0 radical (unpaired) electrons. The van der Waals surface area contributed by atoms with E-state index in [4.69, 9.17) is 0 Å². The highest BCUT2D eigenvalue weighted by Gasteiger charge is 2.42. The van der Waals surface area contributed by atoms with Crippen molar-refractivity contribution in [1.82, 2.24) is 10.2 Å². The Kier molecular flexibility index (Phi) is 5.90. The minimum atomic E-state index is -1.21. The Balaban J connectivity index is 2.32. The van der Waals surface area contributed by atoms with Crippen molar-refractivity contribution in [3.8, 4) is 0 Å². The molecule has 1 aliphatic heterocycles. The number of nitrogens with one attached hydrogen (secondary N) is 3. The van der Waals surface area contributed by atoms with Gasteiger partial charge in [-0.25, -0.2) is 4.79 Å². The summed E-state index contributed by atoms with van der Waals surface area (Å²) >= 11 is 0. The van der Waals surface area contributed by atoms with Gasteiger partial charge in [-0.3, -0.25) is 24.6 Å². The number of rotatable bonds is 6. The van der Waals surface area contributed by atoms with Crippen LogP contribution < -0.4 is 16.0 Å². The molecule has 8 nitrogen and oxygen atoms in total. The highest BCUT2D eigenvalue weighted by Crippen LogP contribution is 2.27. The van der Waals surface area contributed by atoms with Crippen LogP contribution in [0.25, 0.3) is 0 Å². The standard InChI is InChI=1S/C18H20N4O4/c1-4-10-22-17(25)15(16(24)21-18(22)26)12(5-2)20-14-9-7-6-8-13(14)19-11(3)23/h4-9,15,20H,1,10H2,2-3H3,(H,19,23)(H,21,24,26)/b12-5+/t15-/m1/s1. The van der Waals surface area contributed by atoms with Gasteiger partial charge in [0.2, 0.25) is 17.7 Å². The zero-order chi connectivity index (χ0) is 19.3. The van der Waals surface area contributed by atoms with E-state index in [0.29, 0.717) is 17.1 Å². The number of barbiturate groups is 1. The summed E-state index contributed by atoms with van der Waals surface area (Å²) in [6.45, 7) is 6.55. The Morgan fingerprint density at radius 2 is 1.85 bits per heavy atom. The lowest BCUT2D eigenvalue weighted by atomic mass is 9.99. The zero-order valence-corrected chi connectivity index (χ0v) is 14.5. The number of nitrogens with zero attached hydrogens (tertiary/aromatic N) is 1. The number of amides is 5. The lowest BCUT2D eigenvalue weighted by molar-refractivity contribution is -0.140. The molecule has 0 aliphatic carbocycles. The van der Waals surface area contributed by atoms with Gasteiger partial charge in [0.05, 0.1) is 11.4 Å². The van der Waals surface area contributed by atoms with Crippen LogP contribution in [-0.2, 0) is 14.4 Å². The number of imide groups is 2. The first-order valence-electron chi connectivity index (χ1n) is 7.96. The van der Waals surface area contributed by atoms with E-state index in [2.05, 4.69) is 22.5 Å². The van der Waals surface area contributed by atoms with E-state index in [1.165, 1.54) is 13.0 Å². The second-order valence-corrected chi connectivity index (χ2v) is 5.56. The summed E-state index contributed by atoms with van der Waals surface area (Å²) in [6, 6.07) is 6.11. The van der Waals surface area contributed by atoms with E-state index in [1.807, 2.05) is 0 Å². The summed E-state index contributed by atoms with van der Waals surface area (Å²) in [4.78, 5) is 49.0. The summed E-state index contributed by atoms with van der Waals surface area (Å²) in [7, 11) is 0. The number of benzene rings is 1. The second kappa shape index (κ2) is 8.11. The first-order valence-corrected chi connectivity index (χ1v) is 7.96. The van der Waals surface area contributed by atoms with Crippen molar-refractivity contribution in [2.24, 2.45) is 5.92 Å². The third-order valence-corrected chi connectivity index (χ3v) is 3.70. The topological polar surface area (TPSA) is 108 Å². The minimum absolute atomic E-state index is 0.00603. The van der Waals surface area contributed by atoms with Crippen LogP contribution >= 0.6 is 0 Å². The summed E-state index contributed by atoms with van der Waals surface area (Å²) < 4.78 is 0. The van der Waals surface area contributed by atoms with Gasteiger partial charge in [-0.15, -0.1) is 6.58 Å². The average molecular weight is 356 g/mol. The van der Waals surface area contributed by atoms with E-state index < -0.39 is 23.8 Å². The highest BCUT2D eigenvalue weighted by atomic mass is 16.2. The van der Waals surface area contributed by atoms with Crippen LogP contribution in [0.3, 0.4) is 0 Å². The average Bonchev–Trinajstić information content (AvgIpc) is 2.58. The van der Waals surface area contributed by atoms with Gasteiger partial charge in [0.15, 0.2) is 5.92 Å². The van der Waals surface area contributed by atoms with E-state index in [9.17, 15) is 19.2 Å². The number of carbonyl (C=O) groups is 4. The maximum atomic E-state index is 12.6. The van der Waals surface area contributed by atoms with Gasteiger partial charge in [-0.1, -0.05) is 24.3 Å². The van der Waals surface area contributed by atoms with Crippen LogP contribution in [0, 0.1) is 5.92 Å². The number of para-hydroxylation sites is 2. The van der Waals surface area contributed by atoms with Gasteiger partial charge >= 0.3 is 6.03 Å². The molecule has 0 aromatic heterocycles. The van der Waals surface area contributed by atoms with Crippen molar-refractivity contribution in [3.63, 3.8) is 0 Å². The number of anilines is 2. The third-order valence-electron chi connectivity index (χ3n) is 3.70. The van der Waals surface area contributed by atoms with Gasteiger partial charge in [-0.2, -0.15) is 0 Å². The Morgan fingerprint density at radius 1 is 1.23 bits per heavy atom. The summed E-state index contributed by atoms with van der Waals surface area (Å²) in [5, 5.41) is 7.85. The van der Waals surface area contributed by atoms with Gasteiger partial charge < -0.3 is 10.6 Å². The lowest BCUT2D eigenvalue weighted by Crippen LogP contribution is -2.58. The fourth-order valence-corrected chi connectivity index (χ4v) is 2.55. The first-order chi connectivity index (χ1) is 12.4. The molecular weight excluding hydrogens is 336 g/mol. The van der Waals surface area contributed by atoms with E-state index in [0.717, 1.165) is 4.90 Å². The fraction of sp³-hybridized carbons (Fsp3) is 0.222. The molecule has 0 spiro atoms. The molecule has 3 N–H and O–H groups in total. The number of hydrogen-bond donors (Lipinski definition) is 3. The molecule has 5 amide bonds. The first kappa shape index (κ1) is 18.9. The molecule has 0 saturated carbocycles. The third kappa shape index (κ3) is 3.97. The number of allylic oxidation sites excluding steroid dienone is 1. The molecule has 1 atom stereocenters. The molecule has 2 rings (SSSR count). The van der Waals surface area contributed by atoms with Crippen LogP contribution in [0.15, 0.2) is 48.7 Å². The number of carbonyl (C=O) groups excluding carboxylic acids is 4. The molecule has 1 aliphatic rings. The summed E-state index contributed by atoms with van der Waals surface area (Å²) in [5.41, 5.74) is 1.32. The molecule has 0 unspecified atom stereocenters. The van der Waals surface area contributed by atoms with Crippen LogP contribution in [-0.4, -0.2) is 35.2 Å².